The van der Waals surface area contributed by atoms with Crippen LogP contribution in [-0.2, 0) is 21.9 Å². The van der Waals surface area contributed by atoms with Crippen LogP contribution in [0.3, 0.4) is 0 Å². The van der Waals surface area contributed by atoms with Gasteiger partial charge in [0.1, 0.15) is 5.54 Å². The van der Waals surface area contributed by atoms with Crippen molar-refractivity contribution in [2.24, 2.45) is 13.0 Å². The number of hydrogen-bond acceptors (Lipinski definition) is 5. The third kappa shape index (κ3) is 3.11. The number of aromatic nitrogens is 3. The molecule has 0 amide bonds. The van der Waals surface area contributed by atoms with E-state index in [-0.39, 0.29) is 22.5 Å². The van der Waals surface area contributed by atoms with Crippen molar-refractivity contribution >= 4 is 31.9 Å². The first kappa shape index (κ1) is 16.4. The average molecular weight is 381 g/mol. The normalized spacial score (nSPS) is 26.7. The molecule has 0 unspecified atom stereocenters. The van der Waals surface area contributed by atoms with E-state index in [4.69, 9.17) is 0 Å². The number of aliphatic carboxylic acids is 1. The minimum atomic E-state index is -4.04. The molecular weight excluding hydrogens is 364 g/mol. The fraction of sp³-hybridized carbons (Fsp3) is 0.727. The topological polar surface area (TPSA) is 114 Å². The molecule has 2 rings (SSSR count). The smallest absolute Gasteiger partial charge is 0.324 e. The van der Waals surface area contributed by atoms with Crippen LogP contribution in [0.15, 0.2) is 9.63 Å². The molecule has 118 valence electrons. The number of nitrogens with zero attached hydrogens (tertiary/aromatic N) is 3. The molecule has 1 fully saturated rings. The number of halogens is 1. The van der Waals surface area contributed by atoms with Gasteiger partial charge in [-0.05, 0) is 47.5 Å². The van der Waals surface area contributed by atoms with Crippen molar-refractivity contribution in [1.82, 2.24) is 19.7 Å². The molecule has 0 spiro atoms. The molecule has 2 N–H and O–H groups in total. The number of nitrogens with one attached hydrogen (secondary N) is 1. The minimum absolute atomic E-state index is 0.0576. The van der Waals surface area contributed by atoms with Crippen molar-refractivity contribution in [1.29, 1.82) is 0 Å². The predicted octanol–water partition coefficient (Wildman–Crippen LogP) is 0.889. The summed E-state index contributed by atoms with van der Waals surface area (Å²) in [6.45, 7) is 2.03. The van der Waals surface area contributed by atoms with E-state index < -0.39 is 21.5 Å². The van der Waals surface area contributed by atoms with Gasteiger partial charge in [0.15, 0.2) is 4.60 Å². The number of hydrogen-bond donors (Lipinski definition) is 2. The second kappa shape index (κ2) is 5.65. The Morgan fingerprint density at radius 1 is 1.48 bits per heavy atom. The van der Waals surface area contributed by atoms with Gasteiger partial charge in [0.2, 0.25) is 5.03 Å². The van der Waals surface area contributed by atoms with Crippen LogP contribution in [-0.4, -0.2) is 40.0 Å². The summed E-state index contributed by atoms with van der Waals surface area (Å²) in [5.74, 6) is -0.753. The second-order valence-electron chi connectivity index (χ2n) is 5.48. The zero-order chi connectivity index (χ0) is 15.8. The van der Waals surface area contributed by atoms with E-state index in [1.54, 1.807) is 0 Å². The van der Waals surface area contributed by atoms with Crippen LogP contribution >= 0.6 is 15.9 Å². The zero-order valence-electron chi connectivity index (χ0n) is 11.7. The van der Waals surface area contributed by atoms with E-state index in [0.717, 1.165) is 4.68 Å². The van der Waals surface area contributed by atoms with Crippen LogP contribution in [0.2, 0.25) is 0 Å². The molecule has 0 saturated heterocycles. The number of carboxylic acid groups (broad SMARTS) is 1. The highest BCUT2D eigenvalue weighted by molar-refractivity contribution is 9.10. The van der Waals surface area contributed by atoms with Crippen molar-refractivity contribution in [3.63, 3.8) is 0 Å². The lowest BCUT2D eigenvalue weighted by Gasteiger charge is -2.35. The summed E-state index contributed by atoms with van der Waals surface area (Å²) in [6, 6.07) is 0. The van der Waals surface area contributed by atoms with Crippen LogP contribution in [0, 0.1) is 5.92 Å². The van der Waals surface area contributed by atoms with Crippen molar-refractivity contribution < 1.29 is 18.3 Å². The van der Waals surface area contributed by atoms with Crippen LogP contribution in [0.4, 0.5) is 0 Å². The molecule has 1 aromatic rings. The lowest BCUT2D eigenvalue weighted by molar-refractivity contribution is -0.145. The van der Waals surface area contributed by atoms with Gasteiger partial charge in [0.05, 0.1) is 0 Å². The lowest BCUT2D eigenvalue weighted by Crippen LogP contribution is -2.56. The third-order valence-corrected chi connectivity index (χ3v) is 6.28. The van der Waals surface area contributed by atoms with Gasteiger partial charge in [-0.2, -0.15) is 4.72 Å². The lowest BCUT2D eigenvalue weighted by atomic mass is 9.78. The fourth-order valence-corrected chi connectivity index (χ4v) is 5.04. The van der Waals surface area contributed by atoms with Gasteiger partial charge < -0.3 is 5.11 Å². The van der Waals surface area contributed by atoms with E-state index in [1.165, 1.54) is 7.05 Å². The molecule has 0 aliphatic heterocycles. The number of aryl methyl sites for hydroxylation is 1. The Bertz CT molecular complexity index is 630. The summed E-state index contributed by atoms with van der Waals surface area (Å²) in [4.78, 5) is 11.6. The maximum Gasteiger partial charge on any atom is 0.324 e. The molecule has 8 nitrogen and oxygen atoms in total. The Labute approximate surface area is 131 Å². The largest absolute Gasteiger partial charge is 0.480 e. The van der Waals surface area contributed by atoms with Crippen LogP contribution < -0.4 is 4.72 Å². The van der Waals surface area contributed by atoms with Gasteiger partial charge in [-0.3, -0.25) is 4.79 Å². The molecule has 0 atom stereocenters. The Hall–Kier alpha value is -1.00. The van der Waals surface area contributed by atoms with E-state index >= 15 is 0 Å². The minimum Gasteiger partial charge on any atom is -0.480 e. The van der Waals surface area contributed by atoms with Crippen molar-refractivity contribution in [2.75, 3.05) is 0 Å². The standard InChI is InChI=1S/C11H17BrN4O4S/c1-7-3-5-11(6-4-7,10(17)18)14-21(19,20)9-8(12)13-15-16(9)2/h7,14H,3-6H2,1-2H3,(H,17,18). The average Bonchev–Trinajstić information content (AvgIpc) is 2.72. The van der Waals surface area contributed by atoms with Gasteiger partial charge in [0, 0.05) is 7.05 Å². The molecule has 0 radical (unpaired) electrons. The maximum atomic E-state index is 12.5. The van der Waals surface area contributed by atoms with E-state index in [2.05, 4.69) is 31.0 Å². The molecule has 10 heteroatoms. The summed E-state index contributed by atoms with van der Waals surface area (Å²) in [7, 11) is -2.61. The molecule has 1 aromatic heterocycles. The summed E-state index contributed by atoms with van der Waals surface area (Å²) >= 11 is 3.02. The van der Waals surface area contributed by atoms with Crippen molar-refractivity contribution in [2.45, 2.75) is 43.2 Å². The Kier molecular flexibility index (Phi) is 4.41. The van der Waals surface area contributed by atoms with E-state index in [9.17, 15) is 18.3 Å². The summed E-state index contributed by atoms with van der Waals surface area (Å²) < 4.78 is 28.5. The first-order valence-electron chi connectivity index (χ1n) is 6.50. The zero-order valence-corrected chi connectivity index (χ0v) is 14.1. The number of carbonyl (C=O) groups is 1. The summed E-state index contributed by atoms with van der Waals surface area (Å²) in [5.41, 5.74) is -1.46. The molecule has 21 heavy (non-hydrogen) atoms. The van der Waals surface area contributed by atoms with Crippen LogP contribution in [0.5, 0.6) is 0 Å². The number of sulfonamides is 1. The number of rotatable bonds is 4. The second-order valence-corrected chi connectivity index (χ2v) is 7.83. The third-order valence-electron chi connectivity index (χ3n) is 3.86. The molecule has 1 saturated carbocycles. The first-order valence-corrected chi connectivity index (χ1v) is 8.78. The molecule has 0 bridgehead atoms. The van der Waals surface area contributed by atoms with Crippen LogP contribution in [0.1, 0.15) is 32.6 Å². The van der Waals surface area contributed by atoms with Gasteiger partial charge >= 0.3 is 5.97 Å². The van der Waals surface area contributed by atoms with Gasteiger partial charge in [-0.15, -0.1) is 5.10 Å². The maximum absolute atomic E-state index is 12.5. The van der Waals surface area contributed by atoms with Crippen LogP contribution in [0.25, 0.3) is 0 Å². The Balaban J connectivity index is 2.35. The quantitative estimate of drug-likeness (QED) is 0.801. The summed E-state index contributed by atoms with van der Waals surface area (Å²) in [6.07, 6.45) is 1.87. The highest BCUT2D eigenvalue weighted by atomic mass is 79.9. The molecular formula is C11H17BrN4O4S. The monoisotopic (exact) mass is 380 g/mol. The van der Waals surface area contributed by atoms with Gasteiger partial charge in [-0.1, -0.05) is 12.1 Å². The number of carboxylic acids is 1. The Morgan fingerprint density at radius 3 is 2.48 bits per heavy atom. The van der Waals surface area contributed by atoms with Crippen molar-refractivity contribution in [3.05, 3.63) is 4.60 Å². The Morgan fingerprint density at radius 2 is 2.05 bits per heavy atom. The van der Waals surface area contributed by atoms with Gasteiger partial charge in [-0.25, -0.2) is 13.1 Å². The predicted molar refractivity (Wildman–Crippen MR) is 77.0 cm³/mol. The van der Waals surface area contributed by atoms with Crippen molar-refractivity contribution in [3.8, 4) is 0 Å². The molecule has 1 aliphatic rings. The first-order chi connectivity index (χ1) is 9.68. The fourth-order valence-electron chi connectivity index (χ4n) is 2.53. The highest BCUT2D eigenvalue weighted by Crippen LogP contribution is 2.34. The van der Waals surface area contributed by atoms with E-state index in [0.29, 0.717) is 18.8 Å². The SMILES string of the molecule is CC1CCC(NS(=O)(=O)c2c(Br)nnn2C)(C(=O)O)CC1. The van der Waals surface area contributed by atoms with Gasteiger partial charge in [0.25, 0.3) is 10.0 Å². The molecule has 1 aliphatic carbocycles. The molecule has 1 heterocycles. The molecule has 0 aromatic carbocycles. The van der Waals surface area contributed by atoms with E-state index in [1.807, 2.05) is 6.92 Å². The summed E-state index contributed by atoms with van der Waals surface area (Å²) in [5, 5.41) is 16.5. The highest BCUT2D eigenvalue weighted by Gasteiger charge is 2.45.